The van der Waals surface area contributed by atoms with Crippen LogP contribution in [0.3, 0.4) is 0 Å². The van der Waals surface area contributed by atoms with Gasteiger partial charge in [0, 0.05) is 12.5 Å². The van der Waals surface area contributed by atoms with Gasteiger partial charge in [-0.05, 0) is 29.0 Å². The van der Waals surface area contributed by atoms with Crippen LogP contribution >= 0.6 is 0 Å². The molecule has 0 aliphatic rings. The van der Waals surface area contributed by atoms with Gasteiger partial charge >= 0.3 is 5.97 Å². The summed E-state index contributed by atoms with van der Waals surface area (Å²) in [6.45, 7) is 1.01. The van der Waals surface area contributed by atoms with Crippen LogP contribution in [0, 0.1) is 0 Å². The molecule has 0 unspecified atom stereocenters. The first-order valence-electron chi connectivity index (χ1n) is 5.45. The number of benzene rings is 2. The topological polar surface area (TPSA) is 63.6 Å². The molecule has 4 heteroatoms. The molecular weight excluding hydrogens is 232 g/mol. The summed E-state index contributed by atoms with van der Waals surface area (Å²) in [5, 5.41) is 11.0. The van der Waals surface area contributed by atoms with E-state index in [2.05, 4.69) is 4.74 Å². The Kier molecular flexibility index (Phi) is 3.28. The molecule has 92 valence electrons. The third kappa shape index (κ3) is 2.66. The van der Waals surface area contributed by atoms with Gasteiger partial charge in [-0.3, -0.25) is 9.59 Å². The van der Waals surface area contributed by atoms with Gasteiger partial charge in [0.2, 0.25) is 0 Å². The summed E-state index contributed by atoms with van der Waals surface area (Å²) in [4.78, 5) is 22.4. The van der Waals surface area contributed by atoms with Gasteiger partial charge in [0.1, 0.15) is 5.75 Å². The Morgan fingerprint density at radius 3 is 2.50 bits per heavy atom. The maximum atomic E-state index is 11.7. The van der Waals surface area contributed by atoms with Gasteiger partial charge in [-0.25, -0.2) is 0 Å². The molecule has 0 fully saturated rings. The highest BCUT2D eigenvalue weighted by atomic mass is 16.5. The Balaban J connectivity index is 2.27. The number of Topliss-reactive ketones (excluding diaryl/α,β-unsaturated/α-hetero) is 1. The molecule has 4 nitrogen and oxygen atoms in total. The van der Waals surface area contributed by atoms with Crippen molar-refractivity contribution in [2.24, 2.45) is 0 Å². The number of carbonyl (C=O) groups excluding carboxylic acids is 2. The maximum Gasteiger partial charge on any atom is 0.303 e. The largest absolute Gasteiger partial charge is 0.508 e. The van der Waals surface area contributed by atoms with E-state index in [1.807, 2.05) is 0 Å². The van der Waals surface area contributed by atoms with E-state index in [0.717, 1.165) is 10.8 Å². The molecule has 2 aromatic carbocycles. The Morgan fingerprint density at radius 1 is 1.11 bits per heavy atom. The second-order valence-corrected chi connectivity index (χ2v) is 3.95. The van der Waals surface area contributed by atoms with Crippen LogP contribution in [0.4, 0.5) is 0 Å². The molecule has 0 aromatic heterocycles. The summed E-state index contributed by atoms with van der Waals surface area (Å²) in [6.07, 6.45) is 0. The van der Waals surface area contributed by atoms with Crippen LogP contribution in [-0.2, 0) is 9.53 Å². The number of carbonyl (C=O) groups is 2. The maximum absolute atomic E-state index is 11.7. The number of rotatable bonds is 3. The van der Waals surface area contributed by atoms with E-state index in [0.29, 0.717) is 5.56 Å². The summed E-state index contributed by atoms with van der Waals surface area (Å²) in [5.41, 5.74) is 0.481. The molecular formula is C14H12O4. The van der Waals surface area contributed by atoms with Crippen LogP contribution in [0.25, 0.3) is 10.8 Å². The summed E-state index contributed by atoms with van der Waals surface area (Å²) in [6, 6.07) is 10.0. The van der Waals surface area contributed by atoms with Crippen molar-refractivity contribution in [1.82, 2.24) is 0 Å². The van der Waals surface area contributed by atoms with Crippen molar-refractivity contribution >= 4 is 22.5 Å². The number of hydrogen-bond donors (Lipinski definition) is 1. The first-order valence-corrected chi connectivity index (χ1v) is 5.45. The van der Waals surface area contributed by atoms with Crippen molar-refractivity contribution in [3.05, 3.63) is 42.0 Å². The van der Waals surface area contributed by atoms with E-state index in [-0.39, 0.29) is 18.1 Å². The standard InChI is InChI=1S/C14H12O4/c1-9(15)18-8-14(17)12-3-2-11-7-13(16)5-4-10(11)6-12/h2-7,16H,8H2,1H3. The van der Waals surface area contributed by atoms with Crippen molar-refractivity contribution in [3.8, 4) is 5.75 Å². The zero-order chi connectivity index (χ0) is 13.1. The van der Waals surface area contributed by atoms with Crippen molar-refractivity contribution in [2.75, 3.05) is 6.61 Å². The lowest BCUT2D eigenvalue weighted by molar-refractivity contribution is -0.139. The van der Waals surface area contributed by atoms with Crippen LogP contribution < -0.4 is 0 Å². The molecule has 0 bridgehead atoms. The third-order valence-corrected chi connectivity index (χ3v) is 2.55. The van der Waals surface area contributed by atoms with Crippen LogP contribution in [0.2, 0.25) is 0 Å². The molecule has 0 saturated heterocycles. The van der Waals surface area contributed by atoms with Crippen molar-refractivity contribution in [2.45, 2.75) is 6.92 Å². The number of ketones is 1. The summed E-state index contributed by atoms with van der Waals surface area (Å²) < 4.78 is 4.66. The molecule has 0 radical (unpaired) electrons. The van der Waals surface area contributed by atoms with Gasteiger partial charge in [0.15, 0.2) is 12.4 Å². The van der Waals surface area contributed by atoms with Gasteiger partial charge in [-0.15, -0.1) is 0 Å². The Morgan fingerprint density at radius 2 is 1.78 bits per heavy atom. The molecule has 0 saturated carbocycles. The van der Waals surface area contributed by atoms with E-state index in [9.17, 15) is 14.7 Å². The second kappa shape index (κ2) is 4.87. The predicted octanol–water partition coefficient (Wildman–Crippen LogP) is 2.29. The average molecular weight is 244 g/mol. The fraction of sp³-hybridized carbons (Fsp3) is 0.143. The monoisotopic (exact) mass is 244 g/mol. The van der Waals surface area contributed by atoms with E-state index in [4.69, 9.17) is 0 Å². The quantitative estimate of drug-likeness (QED) is 0.664. The molecule has 1 N–H and O–H groups in total. The highest BCUT2D eigenvalue weighted by Gasteiger charge is 2.08. The molecule has 18 heavy (non-hydrogen) atoms. The Hall–Kier alpha value is -2.36. The van der Waals surface area contributed by atoms with Crippen molar-refractivity contribution in [1.29, 1.82) is 0 Å². The molecule has 0 aliphatic heterocycles. The first-order chi connectivity index (χ1) is 8.56. The summed E-state index contributed by atoms with van der Waals surface area (Å²) in [7, 11) is 0. The number of phenols is 1. The number of esters is 1. The Labute approximate surface area is 104 Å². The van der Waals surface area contributed by atoms with Gasteiger partial charge in [0.05, 0.1) is 0 Å². The molecule has 2 rings (SSSR count). The normalized spacial score (nSPS) is 10.3. The Bertz CT molecular complexity index is 616. The summed E-state index contributed by atoms with van der Waals surface area (Å²) in [5.74, 6) is -0.546. The number of fused-ring (bicyclic) bond motifs is 1. The van der Waals surface area contributed by atoms with E-state index >= 15 is 0 Å². The molecule has 2 aromatic rings. The van der Waals surface area contributed by atoms with Gasteiger partial charge in [-0.2, -0.15) is 0 Å². The van der Waals surface area contributed by atoms with E-state index < -0.39 is 5.97 Å². The van der Waals surface area contributed by atoms with Crippen LogP contribution in [0.15, 0.2) is 36.4 Å². The SMILES string of the molecule is CC(=O)OCC(=O)c1ccc2cc(O)ccc2c1. The van der Waals surface area contributed by atoms with Crippen LogP contribution in [0.5, 0.6) is 5.75 Å². The van der Waals surface area contributed by atoms with Gasteiger partial charge in [0.25, 0.3) is 0 Å². The number of phenolic OH excluding ortho intramolecular Hbond substituents is 1. The minimum absolute atomic E-state index is 0.182. The zero-order valence-electron chi connectivity index (χ0n) is 9.84. The van der Waals surface area contributed by atoms with Crippen LogP contribution in [0.1, 0.15) is 17.3 Å². The molecule has 0 amide bonds. The third-order valence-electron chi connectivity index (χ3n) is 2.55. The van der Waals surface area contributed by atoms with Crippen molar-refractivity contribution in [3.63, 3.8) is 0 Å². The highest BCUT2D eigenvalue weighted by Crippen LogP contribution is 2.21. The lowest BCUT2D eigenvalue weighted by Gasteiger charge is -2.04. The van der Waals surface area contributed by atoms with E-state index in [1.54, 1.807) is 36.4 Å². The lowest BCUT2D eigenvalue weighted by Crippen LogP contribution is -2.11. The zero-order valence-corrected chi connectivity index (χ0v) is 9.84. The first kappa shape index (κ1) is 12.1. The number of ether oxygens (including phenoxy) is 1. The van der Waals surface area contributed by atoms with Gasteiger partial charge < -0.3 is 9.84 Å². The predicted molar refractivity (Wildman–Crippen MR) is 66.6 cm³/mol. The second-order valence-electron chi connectivity index (χ2n) is 3.95. The van der Waals surface area contributed by atoms with Gasteiger partial charge in [-0.1, -0.05) is 18.2 Å². The summed E-state index contributed by atoms with van der Waals surface area (Å²) >= 11 is 0. The van der Waals surface area contributed by atoms with E-state index in [1.165, 1.54) is 6.92 Å². The molecule has 0 heterocycles. The fourth-order valence-corrected chi connectivity index (χ4v) is 1.66. The average Bonchev–Trinajstić information content (AvgIpc) is 2.35. The smallest absolute Gasteiger partial charge is 0.303 e. The number of aromatic hydroxyl groups is 1. The fourth-order valence-electron chi connectivity index (χ4n) is 1.66. The molecule has 0 aliphatic carbocycles. The highest BCUT2D eigenvalue weighted by molar-refractivity contribution is 6.01. The number of hydrogen-bond acceptors (Lipinski definition) is 4. The minimum Gasteiger partial charge on any atom is -0.508 e. The van der Waals surface area contributed by atoms with Crippen molar-refractivity contribution < 1.29 is 19.4 Å². The molecule has 0 atom stereocenters. The molecule has 0 spiro atoms. The van der Waals surface area contributed by atoms with Crippen LogP contribution in [-0.4, -0.2) is 23.5 Å². The minimum atomic E-state index is -0.478. The lowest BCUT2D eigenvalue weighted by atomic mass is 10.0.